The standard InChI is InChI=1S/C31H26ClN3O6/c1-4-40-31(38)35-23-12-8-20(32)14-22(23)28-29(35)27(17(2)30(37)33-28)19-7-11-24-25(13-19)41-16-26(36)34(24)15-18-5-9-21(39-3)10-6-18/h5-14H,4,15-16H2,1-3H3,(H,33,37). The molecule has 0 bridgehead atoms. The Kier molecular flexibility index (Phi) is 6.67. The highest BCUT2D eigenvalue weighted by molar-refractivity contribution is 6.32. The van der Waals surface area contributed by atoms with Crippen molar-refractivity contribution in [3.05, 3.63) is 87.2 Å². The molecule has 6 rings (SSSR count). The van der Waals surface area contributed by atoms with Gasteiger partial charge in [0.05, 0.1) is 42.5 Å². The number of methoxy groups -OCH3 is 1. The lowest BCUT2D eigenvalue weighted by Gasteiger charge is -2.30. The molecule has 0 unspecified atom stereocenters. The summed E-state index contributed by atoms with van der Waals surface area (Å²) in [5, 5.41) is 1.08. The molecule has 1 aliphatic heterocycles. The molecule has 208 valence electrons. The van der Waals surface area contributed by atoms with Crippen molar-refractivity contribution in [2.75, 3.05) is 25.2 Å². The Morgan fingerprint density at radius 1 is 1.07 bits per heavy atom. The summed E-state index contributed by atoms with van der Waals surface area (Å²) in [6.07, 6.45) is -0.576. The molecule has 0 radical (unpaired) electrons. The Morgan fingerprint density at radius 2 is 1.85 bits per heavy atom. The lowest BCUT2D eigenvalue weighted by molar-refractivity contribution is -0.121. The van der Waals surface area contributed by atoms with Crippen LogP contribution in [0.15, 0.2) is 65.5 Å². The van der Waals surface area contributed by atoms with Crippen LogP contribution in [0.3, 0.4) is 0 Å². The number of rotatable bonds is 5. The number of anilines is 1. The molecule has 10 heteroatoms. The molecule has 0 aliphatic carbocycles. The van der Waals surface area contributed by atoms with E-state index in [1.807, 2.05) is 30.3 Å². The van der Waals surface area contributed by atoms with E-state index in [-0.39, 0.29) is 24.7 Å². The molecule has 5 aromatic rings. The van der Waals surface area contributed by atoms with Crippen molar-refractivity contribution in [2.45, 2.75) is 20.4 Å². The topological polar surface area (TPSA) is 103 Å². The first-order chi connectivity index (χ1) is 19.8. The van der Waals surface area contributed by atoms with Crippen molar-refractivity contribution < 1.29 is 23.8 Å². The number of hydrogen-bond donors (Lipinski definition) is 1. The number of carbonyl (C=O) groups is 2. The maximum absolute atomic E-state index is 13.3. The summed E-state index contributed by atoms with van der Waals surface area (Å²) < 4.78 is 18.0. The highest BCUT2D eigenvalue weighted by Gasteiger charge is 2.28. The zero-order chi connectivity index (χ0) is 28.8. The first-order valence-electron chi connectivity index (χ1n) is 13.0. The quantitative estimate of drug-likeness (QED) is 0.275. The molecule has 3 heterocycles. The Bertz CT molecular complexity index is 1910. The third-order valence-electron chi connectivity index (χ3n) is 7.26. The van der Waals surface area contributed by atoms with Crippen molar-refractivity contribution in [3.8, 4) is 22.6 Å². The molecule has 0 spiro atoms. The van der Waals surface area contributed by atoms with Gasteiger partial charge in [0.15, 0.2) is 6.61 Å². The minimum atomic E-state index is -0.576. The van der Waals surface area contributed by atoms with Gasteiger partial charge in [-0.3, -0.25) is 9.59 Å². The Hall–Kier alpha value is -4.76. The largest absolute Gasteiger partial charge is 0.497 e. The van der Waals surface area contributed by atoms with Crippen LogP contribution in [0.25, 0.3) is 33.1 Å². The maximum Gasteiger partial charge on any atom is 0.419 e. The van der Waals surface area contributed by atoms with Crippen LogP contribution in [0.4, 0.5) is 10.5 Å². The van der Waals surface area contributed by atoms with Gasteiger partial charge in [-0.25, -0.2) is 9.36 Å². The number of fused-ring (bicyclic) bond motifs is 4. The average molecular weight is 572 g/mol. The van der Waals surface area contributed by atoms with Crippen molar-refractivity contribution >= 4 is 51.2 Å². The summed E-state index contributed by atoms with van der Waals surface area (Å²) in [6.45, 7) is 3.84. The number of nitrogens with one attached hydrogen (secondary N) is 1. The number of amides is 1. The number of nitrogens with zero attached hydrogens (tertiary/aromatic N) is 2. The SMILES string of the molecule is CCOC(=O)n1c2ccc(Cl)cc2c2[nH]c(=O)c(C)c(-c3ccc4c(c3)OCC(=O)N4Cc3ccc(OC)cc3)c21. The van der Waals surface area contributed by atoms with Gasteiger partial charge in [0, 0.05) is 21.5 Å². The van der Waals surface area contributed by atoms with Gasteiger partial charge in [0.25, 0.3) is 11.5 Å². The van der Waals surface area contributed by atoms with E-state index in [0.717, 1.165) is 11.3 Å². The molecular formula is C31H26ClN3O6. The second kappa shape index (κ2) is 10.3. The summed E-state index contributed by atoms with van der Waals surface area (Å²) in [5.74, 6) is 1.05. The Balaban J connectivity index is 1.53. The van der Waals surface area contributed by atoms with Gasteiger partial charge in [-0.2, -0.15) is 0 Å². The third kappa shape index (κ3) is 4.48. The van der Waals surface area contributed by atoms with Gasteiger partial charge >= 0.3 is 6.09 Å². The first kappa shape index (κ1) is 26.5. The van der Waals surface area contributed by atoms with Crippen molar-refractivity contribution in [1.82, 2.24) is 9.55 Å². The highest BCUT2D eigenvalue weighted by Crippen LogP contribution is 2.41. The number of H-pyrrole nitrogens is 1. The van der Waals surface area contributed by atoms with E-state index in [1.165, 1.54) is 4.57 Å². The Morgan fingerprint density at radius 3 is 2.59 bits per heavy atom. The summed E-state index contributed by atoms with van der Waals surface area (Å²) in [7, 11) is 1.60. The molecular weight excluding hydrogens is 546 g/mol. The van der Waals surface area contributed by atoms with Crippen LogP contribution in [0.5, 0.6) is 11.5 Å². The fourth-order valence-electron chi connectivity index (χ4n) is 5.30. The van der Waals surface area contributed by atoms with Gasteiger partial charge in [-0.05, 0) is 67.4 Å². The molecule has 0 fully saturated rings. The van der Waals surface area contributed by atoms with E-state index < -0.39 is 6.09 Å². The highest BCUT2D eigenvalue weighted by atomic mass is 35.5. The number of benzene rings is 3. The monoisotopic (exact) mass is 571 g/mol. The van der Waals surface area contributed by atoms with Crippen LogP contribution in [-0.4, -0.2) is 41.9 Å². The van der Waals surface area contributed by atoms with Gasteiger partial charge in [-0.1, -0.05) is 29.8 Å². The minimum absolute atomic E-state index is 0.127. The fraction of sp³-hybridized carbons (Fsp3) is 0.194. The average Bonchev–Trinajstić information content (AvgIpc) is 3.28. The number of pyridine rings is 1. The normalized spacial score (nSPS) is 12.9. The number of aromatic amines is 1. The summed E-state index contributed by atoms with van der Waals surface area (Å²) in [5.41, 5.74) is 4.36. The van der Waals surface area contributed by atoms with Crippen LogP contribution >= 0.6 is 11.6 Å². The molecule has 2 aromatic heterocycles. The molecule has 1 aliphatic rings. The van der Waals surface area contributed by atoms with E-state index in [2.05, 4.69) is 4.98 Å². The van der Waals surface area contributed by atoms with E-state index in [4.69, 9.17) is 25.8 Å². The van der Waals surface area contributed by atoms with E-state index in [1.54, 1.807) is 56.2 Å². The lowest BCUT2D eigenvalue weighted by Crippen LogP contribution is -2.38. The van der Waals surface area contributed by atoms with E-state index >= 15 is 0 Å². The van der Waals surface area contributed by atoms with Crippen LogP contribution < -0.4 is 19.9 Å². The molecule has 1 N–H and O–H groups in total. The molecule has 0 saturated carbocycles. The van der Waals surface area contributed by atoms with Crippen LogP contribution in [0, 0.1) is 6.92 Å². The lowest BCUT2D eigenvalue weighted by atomic mass is 9.98. The molecule has 3 aromatic carbocycles. The maximum atomic E-state index is 13.3. The molecule has 41 heavy (non-hydrogen) atoms. The zero-order valence-corrected chi connectivity index (χ0v) is 23.4. The van der Waals surface area contributed by atoms with Crippen molar-refractivity contribution in [1.29, 1.82) is 0 Å². The van der Waals surface area contributed by atoms with Crippen LogP contribution in [0.2, 0.25) is 5.02 Å². The van der Waals surface area contributed by atoms with Crippen molar-refractivity contribution in [2.24, 2.45) is 0 Å². The number of aromatic nitrogens is 2. The number of ether oxygens (including phenoxy) is 3. The smallest absolute Gasteiger partial charge is 0.419 e. The number of halogens is 1. The van der Waals surface area contributed by atoms with E-state index in [0.29, 0.717) is 61.6 Å². The summed E-state index contributed by atoms with van der Waals surface area (Å²) in [4.78, 5) is 43.9. The van der Waals surface area contributed by atoms with E-state index in [9.17, 15) is 14.4 Å². The van der Waals surface area contributed by atoms with Crippen LogP contribution in [0.1, 0.15) is 18.1 Å². The van der Waals surface area contributed by atoms with Gasteiger partial charge in [0.2, 0.25) is 0 Å². The second-order valence-corrected chi connectivity index (χ2v) is 10.1. The second-order valence-electron chi connectivity index (χ2n) is 9.67. The zero-order valence-electron chi connectivity index (χ0n) is 22.6. The predicted octanol–water partition coefficient (Wildman–Crippen LogP) is 6.05. The number of hydrogen-bond acceptors (Lipinski definition) is 6. The van der Waals surface area contributed by atoms with Gasteiger partial charge in [-0.15, -0.1) is 0 Å². The molecule has 9 nitrogen and oxygen atoms in total. The number of carbonyl (C=O) groups excluding carboxylic acids is 2. The molecule has 0 saturated heterocycles. The minimum Gasteiger partial charge on any atom is -0.497 e. The summed E-state index contributed by atoms with van der Waals surface area (Å²) >= 11 is 6.30. The van der Waals surface area contributed by atoms with Gasteiger partial charge < -0.3 is 24.1 Å². The molecule has 1 amide bonds. The fourth-order valence-corrected chi connectivity index (χ4v) is 5.47. The Labute approximate surface area is 239 Å². The third-order valence-corrected chi connectivity index (χ3v) is 7.50. The predicted molar refractivity (Wildman–Crippen MR) is 157 cm³/mol. The first-order valence-corrected chi connectivity index (χ1v) is 13.4. The summed E-state index contributed by atoms with van der Waals surface area (Å²) in [6, 6.07) is 18.1. The van der Waals surface area contributed by atoms with Crippen LogP contribution in [-0.2, 0) is 16.1 Å². The van der Waals surface area contributed by atoms with Crippen molar-refractivity contribution in [3.63, 3.8) is 0 Å². The van der Waals surface area contributed by atoms with Gasteiger partial charge in [0.1, 0.15) is 11.5 Å². The molecule has 0 atom stereocenters.